The summed E-state index contributed by atoms with van der Waals surface area (Å²) in [7, 11) is 3.61. The van der Waals surface area contributed by atoms with Crippen molar-refractivity contribution in [1.29, 1.82) is 0 Å². The number of carbonyl (C=O) groups is 2. The normalized spacial score (nSPS) is 14.4. The molecule has 5 aromatic rings. The lowest BCUT2D eigenvalue weighted by molar-refractivity contribution is 0.0783. The quantitative estimate of drug-likeness (QED) is 0.226. The highest BCUT2D eigenvalue weighted by atomic mass is 19.1. The third-order valence-corrected chi connectivity index (χ3v) is 8.06. The number of rotatable bonds is 7. The number of nitrogens with one attached hydrogen (secondary N) is 1. The van der Waals surface area contributed by atoms with Crippen molar-refractivity contribution in [2.75, 3.05) is 36.5 Å². The van der Waals surface area contributed by atoms with Gasteiger partial charge < -0.3 is 26.6 Å². The zero-order valence-corrected chi connectivity index (χ0v) is 24.9. The summed E-state index contributed by atoms with van der Waals surface area (Å²) < 4.78 is 16.1. The lowest BCUT2D eigenvalue weighted by Crippen LogP contribution is -2.38. The van der Waals surface area contributed by atoms with Crippen LogP contribution in [0.5, 0.6) is 0 Å². The Hall–Kier alpha value is -5.71. The molecule has 1 aliphatic rings. The second-order valence-corrected chi connectivity index (χ2v) is 11.2. The van der Waals surface area contributed by atoms with Gasteiger partial charge in [0.2, 0.25) is 0 Å². The van der Waals surface area contributed by atoms with Crippen molar-refractivity contribution >= 4 is 34.7 Å². The Morgan fingerprint density at radius 2 is 1.64 bits per heavy atom. The minimum Gasteiger partial charge on any atom is -0.399 e. The summed E-state index contributed by atoms with van der Waals surface area (Å²) in [5.74, 6) is -0.670. The standard InChI is InChI=1S/C34H33FN8O2/c1-41-19-25(18-39-41)24-15-29(32(37)38-17-24)33(44)40-27-13-14-43(20-27)34(45)23-5-3-21(4-6-23)22-7-10-28(11-8-22)42(2)31-12-9-26(36)16-30(31)35/h3-12,15-19,27H,13-14,20,36H2,1-2H3,(H2,37,38)(H,40,44)/t27-/m1/s1. The van der Waals surface area contributed by atoms with Gasteiger partial charge in [-0.3, -0.25) is 14.3 Å². The van der Waals surface area contributed by atoms with Gasteiger partial charge in [-0.05, 0) is 66.1 Å². The zero-order valence-electron chi connectivity index (χ0n) is 24.9. The molecule has 3 aromatic carbocycles. The summed E-state index contributed by atoms with van der Waals surface area (Å²) >= 11 is 0. The summed E-state index contributed by atoms with van der Waals surface area (Å²) in [6, 6.07) is 21.3. The van der Waals surface area contributed by atoms with Gasteiger partial charge in [0.1, 0.15) is 11.6 Å². The number of pyridine rings is 1. The highest BCUT2D eigenvalue weighted by molar-refractivity contribution is 6.00. The van der Waals surface area contributed by atoms with Crippen LogP contribution in [0.15, 0.2) is 91.4 Å². The first-order valence-corrected chi connectivity index (χ1v) is 14.5. The van der Waals surface area contributed by atoms with Gasteiger partial charge in [-0.25, -0.2) is 9.37 Å². The van der Waals surface area contributed by atoms with Gasteiger partial charge in [0.15, 0.2) is 0 Å². The van der Waals surface area contributed by atoms with Crippen molar-refractivity contribution in [3.8, 4) is 22.3 Å². The largest absolute Gasteiger partial charge is 0.399 e. The van der Waals surface area contributed by atoms with E-state index in [1.54, 1.807) is 52.1 Å². The van der Waals surface area contributed by atoms with Crippen LogP contribution >= 0.6 is 0 Å². The van der Waals surface area contributed by atoms with Crippen LogP contribution in [0.3, 0.4) is 0 Å². The molecule has 0 unspecified atom stereocenters. The van der Waals surface area contributed by atoms with Crippen molar-refractivity contribution in [3.63, 3.8) is 0 Å². The summed E-state index contributed by atoms with van der Waals surface area (Å²) in [6.07, 6.45) is 5.78. The van der Waals surface area contributed by atoms with Gasteiger partial charge in [0.25, 0.3) is 11.8 Å². The molecule has 3 heterocycles. The van der Waals surface area contributed by atoms with E-state index in [0.717, 1.165) is 27.9 Å². The summed E-state index contributed by atoms with van der Waals surface area (Å²) in [5, 5.41) is 7.18. The second kappa shape index (κ2) is 12.1. The van der Waals surface area contributed by atoms with E-state index in [4.69, 9.17) is 11.5 Å². The molecule has 45 heavy (non-hydrogen) atoms. The van der Waals surface area contributed by atoms with Crippen molar-refractivity contribution in [2.24, 2.45) is 7.05 Å². The Morgan fingerprint density at radius 3 is 2.31 bits per heavy atom. The summed E-state index contributed by atoms with van der Waals surface area (Å²) in [4.78, 5) is 34.1. The topological polar surface area (TPSA) is 135 Å². The molecule has 1 fully saturated rings. The first-order chi connectivity index (χ1) is 21.7. The maximum absolute atomic E-state index is 14.4. The van der Waals surface area contributed by atoms with E-state index in [2.05, 4.69) is 15.4 Å². The number of aryl methyl sites for hydroxylation is 1. The number of aromatic nitrogens is 3. The molecular formula is C34H33FN8O2. The fourth-order valence-electron chi connectivity index (χ4n) is 5.51. The smallest absolute Gasteiger partial charge is 0.255 e. The lowest BCUT2D eigenvalue weighted by atomic mass is 10.0. The molecule has 2 aromatic heterocycles. The fraction of sp³-hybridized carbons (Fsp3) is 0.176. The van der Waals surface area contributed by atoms with Gasteiger partial charge in [0, 0.05) is 73.7 Å². The van der Waals surface area contributed by atoms with Crippen LogP contribution < -0.4 is 21.7 Å². The van der Waals surface area contributed by atoms with E-state index in [1.165, 1.54) is 6.07 Å². The van der Waals surface area contributed by atoms with Crippen LogP contribution in [-0.4, -0.2) is 57.7 Å². The van der Waals surface area contributed by atoms with E-state index in [9.17, 15) is 14.0 Å². The molecule has 1 aliphatic heterocycles. The number of anilines is 4. The Kier molecular flexibility index (Phi) is 7.91. The third kappa shape index (κ3) is 6.19. The van der Waals surface area contributed by atoms with Crippen molar-refractivity contribution < 1.29 is 14.0 Å². The number of hydrogen-bond acceptors (Lipinski definition) is 7. The first kappa shape index (κ1) is 29.4. The maximum atomic E-state index is 14.4. The first-order valence-electron chi connectivity index (χ1n) is 14.5. The number of likely N-dealkylation sites (tertiary alicyclic amines) is 1. The fourth-order valence-corrected chi connectivity index (χ4v) is 5.51. The Bertz CT molecular complexity index is 1870. The molecular weight excluding hydrogens is 571 g/mol. The number of nitrogens with two attached hydrogens (primary N) is 2. The van der Waals surface area contributed by atoms with Crippen molar-refractivity contribution in [2.45, 2.75) is 12.5 Å². The van der Waals surface area contributed by atoms with Crippen LogP contribution in [0, 0.1) is 5.82 Å². The minimum atomic E-state index is -0.387. The molecule has 11 heteroatoms. The Balaban J connectivity index is 1.07. The van der Waals surface area contributed by atoms with Crippen LogP contribution in [0.25, 0.3) is 22.3 Å². The number of amides is 2. The Morgan fingerprint density at radius 1 is 0.933 bits per heavy atom. The SMILES string of the molecule is CN(c1ccc(-c2ccc(C(=O)N3CC[C@@H](NC(=O)c4cc(-c5cnn(C)c5)cnc4N)C3)cc2)cc1)c1ccc(N)cc1F. The van der Waals surface area contributed by atoms with Gasteiger partial charge in [0.05, 0.1) is 17.4 Å². The summed E-state index contributed by atoms with van der Waals surface area (Å²) in [6.45, 7) is 0.921. The maximum Gasteiger partial charge on any atom is 0.255 e. The second-order valence-electron chi connectivity index (χ2n) is 11.2. The highest BCUT2D eigenvalue weighted by Crippen LogP contribution is 2.30. The molecule has 0 spiro atoms. The van der Waals surface area contributed by atoms with E-state index < -0.39 is 0 Å². The van der Waals surface area contributed by atoms with Crippen LogP contribution in [0.2, 0.25) is 0 Å². The number of halogens is 1. The predicted molar refractivity (Wildman–Crippen MR) is 173 cm³/mol. The molecule has 1 atom stereocenters. The number of hydrogen-bond donors (Lipinski definition) is 3. The Labute approximate surface area is 260 Å². The van der Waals surface area contributed by atoms with Crippen LogP contribution in [-0.2, 0) is 7.05 Å². The molecule has 6 rings (SSSR count). The van der Waals surface area contributed by atoms with Gasteiger partial charge in [-0.15, -0.1) is 0 Å². The van der Waals surface area contributed by atoms with Crippen molar-refractivity contribution in [1.82, 2.24) is 25.0 Å². The van der Waals surface area contributed by atoms with Crippen molar-refractivity contribution in [3.05, 3.63) is 108 Å². The molecule has 1 saturated heterocycles. The number of nitrogens with zero attached hydrogens (tertiary/aromatic N) is 5. The molecule has 0 aliphatic carbocycles. The number of nitrogen functional groups attached to an aromatic ring is 2. The summed E-state index contributed by atoms with van der Waals surface area (Å²) in [5.41, 5.74) is 17.7. The van der Waals surface area contributed by atoms with E-state index >= 15 is 0 Å². The third-order valence-electron chi connectivity index (χ3n) is 8.06. The van der Waals surface area contributed by atoms with Gasteiger partial charge in [-0.1, -0.05) is 24.3 Å². The van der Waals surface area contributed by atoms with E-state index in [1.807, 2.05) is 61.8 Å². The minimum absolute atomic E-state index is 0.0967. The molecule has 228 valence electrons. The average Bonchev–Trinajstić information content (AvgIpc) is 3.70. The molecule has 2 amide bonds. The lowest BCUT2D eigenvalue weighted by Gasteiger charge is -2.20. The molecule has 0 radical (unpaired) electrons. The van der Waals surface area contributed by atoms with E-state index in [0.29, 0.717) is 36.4 Å². The van der Waals surface area contributed by atoms with Crippen LogP contribution in [0.1, 0.15) is 27.1 Å². The van der Waals surface area contributed by atoms with Gasteiger partial charge in [-0.2, -0.15) is 5.10 Å². The zero-order chi connectivity index (χ0) is 31.7. The number of benzene rings is 3. The molecule has 5 N–H and O–H groups in total. The molecule has 10 nitrogen and oxygen atoms in total. The molecule has 0 saturated carbocycles. The molecule has 0 bridgehead atoms. The van der Waals surface area contributed by atoms with E-state index in [-0.39, 0.29) is 35.1 Å². The monoisotopic (exact) mass is 604 g/mol. The van der Waals surface area contributed by atoms with Gasteiger partial charge >= 0.3 is 0 Å². The highest BCUT2D eigenvalue weighted by Gasteiger charge is 2.29. The van der Waals surface area contributed by atoms with Crippen LogP contribution in [0.4, 0.5) is 27.3 Å². The number of carbonyl (C=O) groups excluding carboxylic acids is 2. The average molecular weight is 605 g/mol. The predicted octanol–water partition coefficient (Wildman–Crippen LogP) is 4.87.